The Morgan fingerprint density at radius 3 is 2.68 bits per heavy atom. The standard InChI is InChI=1S/C12H15BrN2O4/c1-12(2,7-19-3)14-11(16)8-4-5-9(13)10(6-8)15(17)18/h4-6H,7H2,1-3H3,(H,14,16). The fourth-order valence-electron chi connectivity index (χ4n) is 1.57. The molecule has 7 heteroatoms. The molecule has 0 aliphatic heterocycles. The van der Waals surface area contributed by atoms with Gasteiger partial charge in [0.15, 0.2) is 0 Å². The molecule has 1 amide bonds. The van der Waals surface area contributed by atoms with Crippen LogP contribution in [0.3, 0.4) is 0 Å². The molecular formula is C12H15BrN2O4. The van der Waals surface area contributed by atoms with Crippen LogP contribution < -0.4 is 5.32 Å². The molecule has 0 heterocycles. The Hall–Kier alpha value is -1.47. The molecule has 0 spiro atoms. The van der Waals surface area contributed by atoms with Gasteiger partial charge in [-0.15, -0.1) is 0 Å². The van der Waals surface area contributed by atoms with Gasteiger partial charge in [0, 0.05) is 18.7 Å². The number of rotatable bonds is 5. The molecule has 6 nitrogen and oxygen atoms in total. The minimum Gasteiger partial charge on any atom is -0.382 e. The largest absolute Gasteiger partial charge is 0.382 e. The zero-order valence-electron chi connectivity index (χ0n) is 10.9. The molecule has 1 rings (SSSR count). The lowest BCUT2D eigenvalue weighted by molar-refractivity contribution is -0.385. The van der Waals surface area contributed by atoms with Crippen LogP contribution in [0.4, 0.5) is 5.69 Å². The van der Waals surface area contributed by atoms with Crippen molar-refractivity contribution in [2.24, 2.45) is 0 Å². The zero-order chi connectivity index (χ0) is 14.6. The number of halogens is 1. The summed E-state index contributed by atoms with van der Waals surface area (Å²) >= 11 is 3.07. The first-order valence-corrected chi connectivity index (χ1v) is 6.31. The third-order valence-electron chi connectivity index (χ3n) is 2.36. The summed E-state index contributed by atoms with van der Waals surface area (Å²) in [5, 5.41) is 13.6. The number of amides is 1. The van der Waals surface area contributed by atoms with Crippen molar-refractivity contribution in [1.29, 1.82) is 0 Å². The Morgan fingerprint density at radius 2 is 2.16 bits per heavy atom. The lowest BCUT2D eigenvalue weighted by atomic mass is 10.1. The van der Waals surface area contributed by atoms with Crippen LogP contribution in [0.25, 0.3) is 0 Å². The predicted molar refractivity (Wildman–Crippen MR) is 74.2 cm³/mol. The van der Waals surface area contributed by atoms with Gasteiger partial charge in [-0.1, -0.05) is 0 Å². The van der Waals surface area contributed by atoms with Crippen molar-refractivity contribution in [2.75, 3.05) is 13.7 Å². The van der Waals surface area contributed by atoms with E-state index in [0.717, 1.165) is 0 Å². The van der Waals surface area contributed by atoms with Gasteiger partial charge in [0.1, 0.15) is 0 Å². The van der Waals surface area contributed by atoms with Crippen molar-refractivity contribution in [3.63, 3.8) is 0 Å². The van der Waals surface area contributed by atoms with Crippen LogP contribution in [0.5, 0.6) is 0 Å². The highest BCUT2D eigenvalue weighted by atomic mass is 79.9. The highest BCUT2D eigenvalue weighted by Gasteiger charge is 2.22. The fourth-order valence-corrected chi connectivity index (χ4v) is 1.96. The molecule has 0 saturated heterocycles. The van der Waals surface area contributed by atoms with E-state index in [-0.39, 0.29) is 17.2 Å². The molecule has 0 saturated carbocycles. The van der Waals surface area contributed by atoms with Crippen molar-refractivity contribution < 1.29 is 14.5 Å². The van der Waals surface area contributed by atoms with E-state index in [1.54, 1.807) is 7.11 Å². The smallest absolute Gasteiger partial charge is 0.284 e. The summed E-state index contributed by atoms with van der Waals surface area (Å²) < 4.78 is 5.33. The maximum absolute atomic E-state index is 12.0. The van der Waals surface area contributed by atoms with Crippen LogP contribution in [-0.4, -0.2) is 30.1 Å². The summed E-state index contributed by atoms with van der Waals surface area (Å²) in [6.07, 6.45) is 0. The SMILES string of the molecule is COCC(C)(C)NC(=O)c1ccc(Br)c([N+](=O)[O-])c1. The number of nitrogens with one attached hydrogen (secondary N) is 1. The summed E-state index contributed by atoms with van der Waals surface area (Å²) in [7, 11) is 1.54. The average Bonchev–Trinajstić information content (AvgIpc) is 2.28. The Kier molecular flexibility index (Phi) is 5.02. The van der Waals surface area contributed by atoms with Gasteiger partial charge in [-0.25, -0.2) is 0 Å². The van der Waals surface area contributed by atoms with Gasteiger partial charge in [0.25, 0.3) is 11.6 Å². The molecule has 19 heavy (non-hydrogen) atoms. The Labute approximate surface area is 119 Å². The van der Waals surface area contributed by atoms with E-state index in [0.29, 0.717) is 11.1 Å². The Balaban J connectivity index is 2.95. The van der Waals surface area contributed by atoms with Gasteiger partial charge in [-0.2, -0.15) is 0 Å². The average molecular weight is 331 g/mol. The molecule has 0 atom stereocenters. The van der Waals surface area contributed by atoms with Gasteiger partial charge in [-0.3, -0.25) is 14.9 Å². The number of nitro benzene ring substituents is 1. The zero-order valence-corrected chi connectivity index (χ0v) is 12.5. The van der Waals surface area contributed by atoms with Gasteiger partial charge in [-0.05, 0) is 41.9 Å². The minimum absolute atomic E-state index is 0.141. The van der Waals surface area contributed by atoms with Crippen molar-refractivity contribution in [2.45, 2.75) is 19.4 Å². The van der Waals surface area contributed by atoms with Crippen LogP contribution in [-0.2, 0) is 4.74 Å². The van der Waals surface area contributed by atoms with Crippen LogP contribution in [0.1, 0.15) is 24.2 Å². The summed E-state index contributed by atoms with van der Waals surface area (Å²) in [6, 6.07) is 4.24. The summed E-state index contributed by atoms with van der Waals surface area (Å²) in [5.41, 5.74) is -0.454. The third kappa shape index (κ3) is 4.29. The number of carbonyl (C=O) groups is 1. The molecular weight excluding hydrogens is 316 g/mol. The van der Waals surface area contributed by atoms with E-state index in [9.17, 15) is 14.9 Å². The maximum Gasteiger partial charge on any atom is 0.284 e. The molecule has 0 fully saturated rings. The lowest BCUT2D eigenvalue weighted by Crippen LogP contribution is -2.46. The van der Waals surface area contributed by atoms with Crippen molar-refractivity contribution in [1.82, 2.24) is 5.32 Å². The van der Waals surface area contributed by atoms with Crippen molar-refractivity contribution in [3.8, 4) is 0 Å². The van der Waals surface area contributed by atoms with Gasteiger partial charge in [0.2, 0.25) is 0 Å². The van der Waals surface area contributed by atoms with Crippen LogP contribution in [0, 0.1) is 10.1 Å². The van der Waals surface area contributed by atoms with Crippen LogP contribution in [0.15, 0.2) is 22.7 Å². The van der Waals surface area contributed by atoms with Gasteiger partial charge < -0.3 is 10.1 Å². The normalized spacial score (nSPS) is 11.2. The van der Waals surface area contributed by atoms with E-state index < -0.39 is 10.5 Å². The monoisotopic (exact) mass is 330 g/mol. The molecule has 104 valence electrons. The topological polar surface area (TPSA) is 81.5 Å². The number of hydrogen-bond donors (Lipinski definition) is 1. The molecule has 0 radical (unpaired) electrons. The number of benzene rings is 1. The second-order valence-corrected chi connectivity index (χ2v) is 5.55. The van der Waals surface area contributed by atoms with E-state index in [1.165, 1.54) is 18.2 Å². The third-order valence-corrected chi connectivity index (χ3v) is 3.03. The predicted octanol–water partition coefficient (Wildman–Crippen LogP) is 2.51. The van der Waals surface area contributed by atoms with Crippen LogP contribution in [0.2, 0.25) is 0 Å². The number of carbonyl (C=O) groups excluding carboxylic acids is 1. The minimum atomic E-state index is -0.548. The quantitative estimate of drug-likeness (QED) is 0.664. The second-order valence-electron chi connectivity index (χ2n) is 4.69. The van der Waals surface area contributed by atoms with Crippen LogP contribution >= 0.6 is 15.9 Å². The summed E-state index contributed by atoms with van der Waals surface area (Å²) in [5.74, 6) is -0.377. The number of hydrogen-bond acceptors (Lipinski definition) is 4. The highest BCUT2D eigenvalue weighted by molar-refractivity contribution is 9.10. The van der Waals surface area contributed by atoms with E-state index in [2.05, 4.69) is 21.2 Å². The first-order valence-electron chi connectivity index (χ1n) is 5.52. The summed E-state index contributed by atoms with van der Waals surface area (Å²) in [6.45, 7) is 3.96. The van der Waals surface area contributed by atoms with E-state index >= 15 is 0 Å². The molecule has 0 aromatic heterocycles. The van der Waals surface area contributed by atoms with E-state index in [4.69, 9.17) is 4.74 Å². The maximum atomic E-state index is 12.0. The highest BCUT2D eigenvalue weighted by Crippen LogP contribution is 2.25. The molecule has 0 aliphatic rings. The van der Waals surface area contributed by atoms with Gasteiger partial charge in [0.05, 0.1) is 21.5 Å². The number of nitrogens with zero attached hydrogens (tertiary/aromatic N) is 1. The van der Waals surface area contributed by atoms with E-state index in [1.807, 2.05) is 13.8 Å². The molecule has 0 bridgehead atoms. The first-order chi connectivity index (χ1) is 8.76. The number of ether oxygens (including phenoxy) is 1. The molecule has 1 aromatic rings. The first kappa shape index (κ1) is 15.6. The second kappa shape index (κ2) is 6.12. The lowest BCUT2D eigenvalue weighted by Gasteiger charge is -2.25. The number of nitro groups is 1. The Bertz CT molecular complexity index is 503. The summed E-state index contributed by atoms with van der Waals surface area (Å²) in [4.78, 5) is 22.3. The molecule has 0 unspecified atom stereocenters. The fraction of sp³-hybridized carbons (Fsp3) is 0.417. The van der Waals surface area contributed by atoms with Gasteiger partial charge >= 0.3 is 0 Å². The number of methoxy groups -OCH3 is 1. The molecule has 0 aliphatic carbocycles. The molecule has 1 aromatic carbocycles. The Morgan fingerprint density at radius 1 is 1.53 bits per heavy atom. The van der Waals surface area contributed by atoms with Crippen molar-refractivity contribution >= 4 is 27.5 Å². The molecule has 1 N–H and O–H groups in total. The van der Waals surface area contributed by atoms with Crippen molar-refractivity contribution in [3.05, 3.63) is 38.3 Å².